The molecule has 1 aromatic carbocycles. The Kier molecular flexibility index (Phi) is 7.14. The Morgan fingerprint density at radius 2 is 1.90 bits per heavy atom. The van der Waals surface area contributed by atoms with Crippen LogP contribution >= 0.6 is 0 Å². The molecule has 3 rings (SSSR count). The van der Waals surface area contributed by atoms with Gasteiger partial charge in [0.05, 0.1) is 18.7 Å². The molecular formula is C24H37N3O4. The second kappa shape index (κ2) is 9.47. The van der Waals surface area contributed by atoms with Crippen LogP contribution in [0.25, 0.3) is 0 Å². The number of hydrogen-bond donors (Lipinski definition) is 2. The molecule has 2 amide bonds. The number of carbonyl (C=O) groups is 2. The van der Waals surface area contributed by atoms with E-state index in [1.807, 2.05) is 58.9 Å². The topological polar surface area (TPSA) is 79.9 Å². The highest BCUT2D eigenvalue weighted by molar-refractivity contribution is 5.82. The van der Waals surface area contributed by atoms with Gasteiger partial charge >= 0.3 is 6.09 Å². The fourth-order valence-corrected chi connectivity index (χ4v) is 4.43. The summed E-state index contributed by atoms with van der Waals surface area (Å²) in [7, 11) is 0. The largest absolute Gasteiger partial charge is 0.493 e. The third kappa shape index (κ3) is 5.70. The van der Waals surface area contributed by atoms with Crippen LogP contribution in [0.4, 0.5) is 4.79 Å². The summed E-state index contributed by atoms with van der Waals surface area (Å²) in [5.41, 5.74) is 0.487. The Balaban J connectivity index is 1.62. The first-order valence-corrected chi connectivity index (χ1v) is 11.3. The van der Waals surface area contributed by atoms with Crippen molar-refractivity contribution in [3.63, 3.8) is 0 Å². The van der Waals surface area contributed by atoms with Gasteiger partial charge in [-0.25, -0.2) is 4.79 Å². The van der Waals surface area contributed by atoms with Crippen molar-refractivity contribution in [2.75, 3.05) is 13.2 Å². The van der Waals surface area contributed by atoms with E-state index in [4.69, 9.17) is 9.47 Å². The Morgan fingerprint density at radius 1 is 1.19 bits per heavy atom. The van der Waals surface area contributed by atoms with E-state index < -0.39 is 5.60 Å². The Bertz CT molecular complexity index is 791. The SMILES string of the molecule is CC(NC1C(C)CCN(C(=O)OC(C)(C)C)C1C)C(=O)NC1CCOc2ccccc21. The van der Waals surface area contributed by atoms with Gasteiger partial charge in [-0.05, 0) is 53.0 Å². The molecule has 0 saturated carbocycles. The van der Waals surface area contributed by atoms with Crippen molar-refractivity contribution in [1.29, 1.82) is 0 Å². The molecule has 172 valence electrons. The Morgan fingerprint density at radius 3 is 2.61 bits per heavy atom. The molecule has 0 radical (unpaired) electrons. The van der Waals surface area contributed by atoms with Gasteiger partial charge in [0.15, 0.2) is 0 Å². The molecule has 0 aromatic heterocycles. The highest BCUT2D eigenvalue weighted by Crippen LogP contribution is 2.31. The molecule has 0 bridgehead atoms. The minimum absolute atomic E-state index is 0.00370. The summed E-state index contributed by atoms with van der Waals surface area (Å²) in [4.78, 5) is 27.4. The number of ether oxygens (including phenoxy) is 2. The lowest BCUT2D eigenvalue weighted by atomic mass is 9.87. The van der Waals surface area contributed by atoms with Gasteiger partial charge in [0.2, 0.25) is 5.91 Å². The predicted molar refractivity (Wildman–Crippen MR) is 120 cm³/mol. The van der Waals surface area contributed by atoms with Crippen LogP contribution in [0.1, 0.15) is 66.0 Å². The zero-order chi connectivity index (χ0) is 22.8. The normalized spacial score (nSPS) is 27.0. The molecule has 1 aromatic rings. The van der Waals surface area contributed by atoms with Crippen molar-refractivity contribution in [3.8, 4) is 5.75 Å². The maximum atomic E-state index is 13.0. The zero-order valence-corrected chi connectivity index (χ0v) is 19.6. The second-order valence-electron chi connectivity index (χ2n) is 9.83. The fraction of sp³-hybridized carbons (Fsp3) is 0.667. The average molecular weight is 432 g/mol. The Hall–Kier alpha value is -2.28. The van der Waals surface area contributed by atoms with Gasteiger partial charge < -0.3 is 25.0 Å². The maximum absolute atomic E-state index is 13.0. The molecule has 1 saturated heterocycles. The van der Waals surface area contributed by atoms with Crippen molar-refractivity contribution < 1.29 is 19.1 Å². The molecule has 2 heterocycles. The van der Waals surface area contributed by atoms with Gasteiger partial charge in [0.1, 0.15) is 11.4 Å². The van der Waals surface area contributed by atoms with Crippen LogP contribution < -0.4 is 15.4 Å². The molecule has 2 aliphatic heterocycles. The van der Waals surface area contributed by atoms with Crippen LogP contribution in [0.3, 0.4) is 0 Å². The molecule has 5 atom stereocenters. The second-order valence-corrected chi connectivity index (χ2v) is 9.83. The molecule has 2 aliphatic rings. The zero-order valence-electron chi connectivity index (χ0n) is 19.6. The number of likely N-dealkylation sites (tertiary alicyclic amines) is 1. The minimum Gasteiger partial charge on any atom is -0.493 e. The number of hydrogen-bond acceptors (Lipinski definition) is 5. The number of fused-ring (bicyclic) bond motifs is 1. The molecule has 1 fully saturated rings. The third-order valence-corrected chi connectivity index (χ3v) is 6.19. The number of nitrogens with one attached hydrogen (secondary N) is 2. The number of piperidine rings is 1. The summed E-state index contributed by atoms with van der Waals surface area (Å²) < 4.78 is 11.3. The first-order valence-electron chi connectivity index (χ1n) is 11.3. The first kappa shape index (κ1) is 23.4. The summed E-state index contributed by atoms with van der Waals surface area (Å²) >= 11 is 0. The number of para-hydroxylation sites is 1. The van der Waals surface area contributed by atoms with E-state index in [2.05, 4.69) is 17.6 Å². The van der Waals surface area contributed by atoms with Crippen molar-refractivity contribution in [2.24, 2.45) is 5.92 Å². The van der Waals surface area contributed by atoms with Crippen LogP contribution in [0.15, 0.2) is 24.3 Å². The molecule has 2 N–H and O–H groups in total. The van der Waals surface area contributed by atoms with Gasteiger partial charge in [0.25, 0.3) is 0 Å². The molecule has 7 heteroatoms. The molecule has 0 aliphatic carbocycles. The molecule has 0 spiro atoms. The van der Waals surface area contributed by atoms with E-state index in [0.29, 0.717) is 19.1 Å². The number of benzene rings is 1. The number of nitrogens with zero attached hydrogens (tertiary/aromatic N) is 1. The molecule has 5 unspecified atom stereocenters. The van der Waals surface area contributed by atoms with Gasteiger partial charge in [-0.15, -0.1) is 0 Å². The predicted octanol–water partition coefficient (Wildman–Crippen LogP) is 3.64. The van der Waals surface area contributed by atoms with Gasteiger partial charge in [-0.3, -0.25) is 4.79 Å². The highest BCUT2D eigenvalue weighted by atomic mass is 16.6. The maximum Gasteiger partial charge on any atom is 0.410 e. The average Bonchev–Trinajstić information content (AvgIpc) is 2.69. The van der Waals surface area contributed by atoms with Crippen molar-refractivity contribution in [2.45, 2.75) is 84.2 Å². The number of carbonyl (C=O) groups excluding carboxylic acids is 2. The monoisotopic (exact) mass is 431 g/mol. The summed E-state index contributed by atoms with van der Waals surface area (Å²) in [5.74, 6) is 1.13. The lowest BCUT2D eigenvalue weighted by Crippen LogP contribution is -2.61. The Labute approximate surface area is 185 Å². The standard InChI is InChI=1S/C24H37N3O4/c1-15-11-13-27(23(29)31-24(4,5)6)17(3)21(15)25-16(2)22(28)26-19-12-14-30-20-10-8-7-9-18(19)20/h7-10,15-17,19,21,25H,11-14H2,1-6H3,(H,26,28). The fourth-order valence-electron chi connectivity index (χ4n) is 4.43. The lowest BCUT2D eigenvalue weighted by molar-refractivity contribution is -0.124. The van der Waals surface area contributed by atoms with Gasteiger partial charge in [0, 0.05) is 30.6 Å². The highest BCUT2D eigenvalue weighted by Gasteiger charge is 2.38. The smallest absolute Gasteiger partial charge is 0.410 e. The van der Waals surface area contributed by atoms with E-state index in [-0.39, 0.29) is 36.2 Å². The van der Waals surface area contributed by atoms with Crippen LogP contribution in [0.5, 0.6) is 5.75 Å². The van der Waals surface area contributed by atoms with Crippen LogP contribution in [0, 0.1) is 5.92 Å². The quantitative estimate of drug-likeness (QED) is 0.761. The molecule has 31 heavy (non-hydrogen) atoms. The number of rotatable bonds is 4. The van der Waals surface area contributed by atoms with Crippen molar-refractivity contribution in [1.82, 2.24) is 15.5 Å². The molecular weight excluding hydrogens is 394 g/mol. The third-order valence-electron chi connectivity index (χ3n) is 6.19. The summed E-state index contributed by atoms with van der Waals surface area (Å²) in [6, 6.07) is 7.33. The van der Waals surface area contributed by atoms with Crippen LogP contribution in [0.2, 0.25) is 0 Å². The van der Waals surface area contributed by atoms with Crippen molar-refractivity contribution in [3.05, 3.63) is 29.8 Å². The van der Waals surface area contributed by atoms with Gasteiger partial charge in [-0.1, -0.05) is 25.1 Å². The van der Waals surface area contributed by atoms with Crippen molar-refractivity contribution >= 4 is 12.0 Å². The molecule has 7 nitrogen and oxygen atoms in total. The van der Waals surface area contributed by atoms with Gasteiger partial charge in [-0.2, -0.15) is 0 Å². The van der Waals surface area contributed by atoms with E-state index >= 15 is 0 Å². The minimum atomic E-state index is -0.532. The summed E-state index contributed by atoms with van der Waals surface area (Å²) in [6.45, 7) is 12.9. The van der Waals surface area contributed by atoms with E-state index in [1.54, 1.807) is 4.90 Å². The van der Waals surface area contributed by atoms with E-state index in [9.17, 15) is 9.59 Å². The number of amides is 2. The van der Waals surface area contributed by atoms with Crippen LogP contribution in [-0.2, 0) is 9.53 Å². The van der Waals surface area contributed by atoms with E-state index in [0.717, 1.165) is 24.2 Å². The first-order chi connectivity index (χ1) is 14.6. The summed E-state index contributed by atoms with van der Waals surface area (Å²) in [6.07, 6.45) is 1.32. The van der Waals surface area contributed by atoms with E-state index in [1.165, 1.54) is 0 Å². The van der Waals surface area contributed by atoms with Crippen LogP contribution in [-0.4, -0.2) is 53.8 Å². The lowest BCUT2D eigenvalue weighted by Gasteiger charge is -2.44. The summed E-state index contributed by atoms with van der Waals surface area (Å²) in [5, 5.41) is 6.66.